The largest absolute Gasteiger partial charge is 0.492 e. The van der Waals surface area contributed by atoms with Gasteiger partial charge in [0.1, 0.15) is 23.1 Å². The van der Waals surface area contributed by atoms with Crippen molar-refractivity contribution in [3.05, 3.63) is 41.6 Å². The number of benzene rings is 1. The summed E-state index contributed by atoms with van der Waals surface area (Å²) in [5.74, 6) is 1.58. The van der Waals surface area contributed by atoms with E-state index in [-0.39, 0.29) is 11.3 Å². The fraction of sp³-hybridized carbons (Fsp3) is 0.458. The quantitative estimate of drug-likeness (QED) is 0.698. The van der Waals surface area contributed by atoms with Gasteiger partial charge in [0.25, 0.3) is 0 Å². The standard InChI is InChI=1S/C24H31N3O5/c1-14-8-10-17(19-20(14)30-13-24(19,6)7)31-18-11-9-16(12-25-18)27-21(28)15(2)26-22(29)32-23(3,4)5/h8-12,15H,13H2,1-7H3,(H,26,29)(H,27,28)/t15-/m1/s1. The van der Waals surface area contributed by atoms with Crippen LogP contribution in [0.15, 0.2) is 30.5 Å². The van der Waals surface area contributed by atoms with Gasteiger partial charge in [0.2, 0.25) is 11.8 Å². The van der Waals surface area contributed by atoms with Gasteiger partial charge in [-0.15, -0.1) is 0 Å². The molecule has 2 heterocycles. The lowest BCUT2D eigenvalue weighted by molar-refractivity contribution is -0.117. The Morgan fingerprint density at radius 3 is 2.53 bits per heavy atom. The molecule has 8 nitrogen and oxygen atoms in total. The topological polar surface area (TPSA) is 98.8 Å². The maximum absolute atomic E-state index is 12.4. The van der Waals surface area contributed by atoms with Gasteiger partial charge in [-0.05, 0) is 52.3 Å². The number of rotatable bonds is 5. The Morgan fingerprint density at radius 2 is 1.91 bits per heavy atom. The normalized spacial score (nSPS) is 15.2. The van der Waals surface area contributed by atoms with Crippen LogP contribution in [-0.4, -0.2) is 35.2 Å². The van der Waals surface area contributed by atoms with E-state index >= 15 is 0 Å². The van der Waals surface area contributed by atoms with Crippen LogP contribution in [0, 0.1) is 6.92 Å². The second-order valence-corrected chi connectivity index (χ2v) is 9.60. The molecular formula is C24H31N3O5. The summed E-state index contributed by atoms with van der Waals surface area (Å²) in [5.41, 5.74) is 1.77. The van der Waals surface area contributed by atoms with Crippen LogP contribution in [0.25, 0.3) is 0 Å². The number of aryl methyl sites for hydroxylation is 1. The summed E-state index contributed by atoms with van der Waals surface area (Å²) in [4.78, 5) is 28.5. The van der Waals surface area contributed by atoms with Crippen molar-refractivity contribution in [3.63, 3.8) is 0 Å². The highest BCUT2D eigenvalue weighted by atomic mass is 16.6. The van der Waals surface area contributed by atoms with Crippen molar-refractivity contribution < 1.29 is 23.8 Å². The van der Waals surface area contributed by atoms with Crippen LogP contribution >= 0.6 is 0 Å². The van der Waals surface area contributed by atoms with E-state index in [2.05, 4.69) is 29.5 Å². The van der Waals surface area contributed by atoms with Crippen LogP contribution in [0.3, 0.4) is 0 Å². The molecule has 1 atom stereocenters. The lowest BCUT2D eigenvalue weighted by Crippen LogP contribution is -2.43. The van der Waals surface area contributed by atoms with Crippen LogP contribution in [0.2, 0.25) is 0 Å². The number of carbonyl (C=O) groups is 2. The third-order valence-electron chi connectivity index (χ3n) is 4.92. The fourth-order valence-electron chi connectivity index (χ4n) is 3.33. The van der Waals surface area contributed by atoms with Crippen molar-refractivity contribution in [2.75, 3.05) is 11.9 Å². The second-order valence-electron chi connectivity index (χ2n) is 9.60. The highest BCUT2D eigenvalue weighted by Crippen LogP contribution is 2.46. The highest BCUT2D eigenvalue weighted by molar-refractivity contribution is 5.96. The number of fused-ring (bicyclic) bond motifs is 1. The molecule has 8 heteroatoms. The summed E-state index contributed by atoms with van der Waals surface area (Å²) in [5, 5.41) is 5.22. The number of hydrogen-bond donors (Lipinski definition) is 2. The van der Waals surface area contributed by atoms with Crippen LogP contribution in [0.1, 0.15) is 52.7 Å². The summed E-state index contributed by atoms with van der Waals surface area (Å²) in [6, 6.07) is 6.47. The first kappa shape index (κ1) is 23.4. The summed E-state index contributed by atoms with van der Waals surface area (Å²) in [6.07, 6.45) is 0.850. The molecule has 2 N–H and O–H groups in total. The first-order valence-corrected chi connectivity index (χ1v) is 10.6. The Hall–Kier alpha value is -3.29. The molecule has 0 radical (unpaired) electrons. The van der Waals surface area contributed by atoms with Gasteiger partial charge in [-0.3, -0.25) is 4.79 Å². The van der Waals surface area contributed by atoms with E-state index < -0.39 is 17.7 Å². The molecule has 0 fully saturated rings. The zero-order chi connectivity index (χ0) is 23.7. The molecule has 172 valence electrons. The number of amides is 2. The number of anilines is 1. The molecular weight excluding hydrogens is 410 g/mol. The molecule has 3 rings (SSSR count). The van der Waals surface area contributed by atoms with E-state index in [4.69, 9.17) is 14.2 Å². The van der Waals surface area contributed by atoms with Crippen LogP contribution in [0.4, 0.5) is 10.5 Å². The molecule has 1 aliphatic rings. The third kappa shape index (κ3) is 5.49. The zero-order valence-corrected chi connectivity index (χ0v) is 19.7. The van der Waals surface area contributed by atoms with Gasteiger partial charge in [-0.25, -0.2) is 9.78 Å². The number of aromatic nitrogens is 1. The molecule has 0 spiro atoms. The minimum absolute atomic E-state index is 0.165. The lowest BCUT2D eigenvalue weighted by Gasteiger charge is -2.21. The predicted octanol–water partition coefficient (Wildman–Crippen LogP) is 4.70. The molecule has 2 aromatic rings. The van der Waals surface area contributed by atoms with Crippen molar-refractivity contribution in [2.24, 2.45) is 0 Å². The smallest absolute Gasteiger partial charge is 0.408 e. The highest BCUT2D eigenvalue weighted by Gasteiger charge is 2.36. The maximum atomic E-state index is 12.4. The number of pyridine rings is 1. The van der Waals surface area contributed by atoms with Crippen LogP contribution in [-0.2, 0) is 14.9 Å². The molecule has 0 unspecified atom stereocenters. The average molecular weight is 442 g/mol. The number of hydrogen-bond acceptors (Lipinski definition) is 6. The van der Waals surface area contributed by atoms with Gasteiger partial charge in [-0.2, -0.15) is 0 Å². The van der Waals surface area contributed by atoms with E-state index in [9.17, 15) is 9.59 Å². The van der Waals surface area contributed by atoms with E-state index in [1.165, 1.54) is 6.20 Å². The Balaban J connectivity index is 1.64. The van der Waals surface area contributed by atoms with Gasteiger partial charge in [0.05, 0.1) is 18.5 Å². The monoisotopic (exact) mass is 441 g/mol. The molecule has 0 saturated carbocycles. The second kappa shape index (κ2) is 8.68. The fourth-order valence-corrected chi connectivity index (χ4v) is 3.33. The summed E-state index contributed by atoms with van der Waals surface area (Å²) in [7, 11) is 0. The zero-order valence-electron chi connectivity index (χ0n) is 19.7. The van der Waals surface area contributed by atoms with Gasteiger partial charge in [0, 0.05) is 17.0 Å². The number of ether oxygens (including phenoxy) is 3. The van der Waals surface area contributed by atoms with Crippen molar-refractivity contribution in [1.82, 2.24) is 10.3 Å². The van der Waals surface area contributed by atoms with E-state index in [1.54, 1.807) is 39.8 Å². The number of nitrogens with zero attached hydrogens (tertiary/aromatic N) is 1. The van der Waals surface area contributed by atoms with E-state index in [1.807, 2.05) is 19.1 Å². The van der Waals surface area contributed by atoms with Crippen molar-refractivity contribution in [1.29, 1.82) is 0 Å². The first-order valence-electron chi connectivity index (χ1n) is 10.6. The minimum Gasteiger partial charge on any atom is -0.492 e. The summed E-state index contributed by atoms with van der Waals surface area (Å²) >= 11 is 0. The molecule has 32 heavy (non-hydrogen) atoms. The molecule has 1 aromatic carbocycles. The lowest BCUT2D eigenvalue weighted by atomic mass is 9.85. The minimum atomic E-state index is -0.779. The molecule has 0 aliphatic carbocycles. The number of alkyl carbamates (subject to hydrolysis) is 1. The molecule has 2 amide bonds. The Morgan fingerprint density at radius 1 is 1.19 bits per heavy atom. The number of carbonyl (C=O) groups excluding carboxylic acids is 2. The maximum Gasteiger partial charge on any atom is 0.408 e. The SMILES string of the molecule is Cc1ccc(Oc2ccc(NC(=O)[C@@H](C)NC(=O)OC(C)(C)C)cn2)c2c1OCC2(C)C. The van der Waals surface area contributed by atoms with Crippen LogP contribution < -0.4 is 20.1 Å². The molecule has 0 saturated heterocycles. The molecule has 1 aromatic heterocycles. The Labute approximate surface area is 188 Å². The summed E-state index contributed by atoms with van der Waals surface area (Å²) in [6.45, 7) is 13.7. The average Bonchev–Trinajstić information content (AvgIpc) is 3.00. The number of nitrogens with one attached hydrogen (secondary N) is 2. The van der Waals surface area contributed by atoms with Gasteiger partial charge in [0.15, 0.2) is 0 Å². The van der Waals surface area contributed by atoms with Crippen molar-refractivity contribution in [2.45, 2.75) is 65.5 Å². The van der Waals surface area contributed by atoms with E-state index in [0.29, 0.717) is 23.9 Å². The summed E-state index contributed by atoms with van der Waals surface area (Å²) < 4.78 is 17.1. The van der Waals surface area contributed by atoms with Crippen molar-refractivity contribution in [3.8, 4) is 17.4 Å². The first-order chi connectivity index (χ1) is 14.9. The van der Waals surface area contributed by atoms with Gasteiger partial charge >= 0.3 is 6.09 Å². The Bertz CT molecular complexity index is 1010. The van der Waals surface area contributed by atoms with Gasteiger partial charge in [-0.1, -0.05) is 19.9 Å². The molecule has 1 aliphatic heterocycles. The predicted molar refractivity (Wildman–Crippen MR) is 121 cm³/mol. The third-order valence-corrected chi connectivity index (χ3v) is 4.92. The van der Waals surface area contributed by atoms with E-state index in [0.717, 1.165) is 16.9 Å². The van der Waals surface area contributed by atoms with Crippen molar-refractivity contribution >= 4 is 17.7 Å². The molecule has 0 bridgehead atoms. The van der Waals surface area contributed by atoms with Crippen LogP contribution in [0.5, 0.6) is 17.4 Å². The Kier molecular flexibility index (Phi) is 6.34. The van der Waals surface area contributed by atoms with Gasteiger partial charge < -0.3 is 24.8 Å².